The fraction of sp³-hybridized carbons (Fsp3) is 0.429. The summed E-state index contributed by atoms with van der Waals surface area (Å²) in [6.07, 6.45) is 0.960. The molecule has 20 heavy (non-hydrogen) atoms. The predicted molar refractivity (Wildman–Crippen MR) is 80.2 cm³/mol. The van der Waals surface area contributed by atoms with Crippen LogP contribution in [0.2, 0.25) is 0 Å². The first-order valence-corrected chi connectivity index (χ1v) is 7.34. The maximum atomic E-state index is 5.98. The van der Waals surface area contributed by atoms with Crippen LogP contribution in [-0.4, -0.2) is 23.4 Å². The second-order valence-corrected chi connectivity index (χ2v) is 5.51. The lowest BCUT2D eigenvalue weighted by molar-refractivity contribution is 0.119. The van der Waals surface area contributed by atoms with E-state index in [1.807, 2.05) is 32.0 Å². The van der Waals surface area contributed by atoms with Gasteiger partial charge in [-0.25, -0.2) is 0 Å². The Bertz CT molecular complexity index is 571. The molecule has 0 amide bonds. The number of halogens is 1. The van der Waals surface area contributed by atoms with Crippen LogP contribution in [0.5, 0.6) is 0 Å². The smallest absolute Gasteiger partial charge is 0.258 e. The van der Waals surface area contributed by atoms with Crippen molar-refractivity contribution in [2.24, 2.45) is 5.73 Å². The van der Waals surface area contributed by atoms with Crippen molar-refractivity contribution >= 4 is 15.9 Å². The Morgan fingerprint density at radius 1 is 1.45 bits per heavy atom. The van der Waals surface area contributed by atoms with Gasteiger partial charge in [0.05, 0.1) is 12.6 Å². The van der Waals surface area contributed by atoms with Gasteiger partial charge in [-0.2, -0.15) is 4.98 Å². The minimum Gasteiger partial charge on any atom is -0.379 e. The Balaban J connectivity index is 2.14. The van der Waals surface area contributed by atoms with E-state index in [-0.39, 0.29) is 6.04 Å². The van der Waals surface area contributed by atoms with E-state index >= 15 is 0 Å². The Kier molecular flexibility index (Phi) is 5.28. The van der Waals surface area contributed by atoms with Gasteiger partial charge < -0.3 is 15.0 Å². The van der Waals surface area contributed by atoms with Crippen molar-refractivity contribution in [2.75, 3.05) is 13.2 Å². The SMILES string of the molecule is CCCOCC(N)c1noc(-c2cc(Br)ccc2C)n1. The Labute approximate surface area is 126 Å². The average molecular weight is 340 g/mol. The Morgan fingerprint density at radius 2 is 2.25 bits per heavy atom. The summed E-state index contributed by atoms with van der Waals surface area (Å²) in [6, 6.07) is 5.55. The molecule has 0 saturated heterocycles. The van der Waals surface area contributed by atoms with Crippen molar-refractivity contribution in [2.45, 2.75) is 26.3 Å². The van der Waals surface area contributed by atoms with Gasteiger partial charge in [0.1, 0.15) is 0 Å². The molecule has 108 valence electrons. The lowest BCUT2D eigenvalue weighted by Crippen LogP contribution is -2.18. The van der Waals surface area contributed by atoms with Crippen molar-refractivity contribution in [1.82, 2.24) is 10.1 Å². The molecule has 0 bridgehead atoms. The van der Waals surface area contributed by atoms with Crippen molar-refractivity contribution in [3.8, 4) is 11.5 Å². The molecule has 1 unspecified atom stereocenters. The topological polar surface area (TPSA) is 74.2 Å². The molecule has 1 aromatic heterocycles. The van der Waals surface area contributed by atoms with E-state index in [0.29, 0.717) is 24.9 Å². The van der Waals surface area contributed by atoms with Crippen LogP contribution in [0.1, 0.15) is 30.8 Å². The van der Waals surface area contributed by atoms with Gasteiger partial charge in [0, 0.05) is 16.6 Å². The summed E-state index contributed by atoms with van der Waals surface area (Å²) in [5.74, 6) is 0.945. The summed E-state index contributed by atoms with van der Waals surface area (Å²) in [5.41, 5.74) is 7.95. The van der Waals surface area contributed by atoms with Gasteiger partial charge >= 0.3 is 0 Å². The second-order valence-electron chi connectivity index (χ2n) is 4.60. The largest absolute Gasteiger partial charge is 0.379 e. The van der Waals surface area contributed by atoms with Crippen LogP contribution in [-0.2, 0) is 4.74 Å². The molecular weight excluding hydrogens is 322 g/mol. The third-order valence-corrected chi connectivity index (χ3v) is 3.34. The Hall–Kier alpha value is -1.24. The molecule has 6 heteroatoms. The van der Waals surface area contributed by atoms with Crippen LogP contribution in [0.15, 0.2) is 27.2 Å². The fourth-order valence-corrected chi connectivity index (χ4v) is 2.11. The lowest BCUT2D eigenvalue weighted by atomic mass is 10.1. The van der Waals surface area contributed by atoms with Crippen LogP contribution in [0, 0.1) is 6.92 Å². The third kappa shape index (κ3) is 3.65. The highest BCUT2D eigenvalue weighted by Gasteiger charge is 2.16. The molecule has 2 aromatic rings. The zero-order valence-corrected chi connectivity index (χ0v) is 13.2. The van der Waals surface area contributed by atoms with Gasteiger partial charge in [-0.1, -0.05) is 34.1 Å². The average Bonchev–Trinajstić information content (AvgIpc) is 2.91. The third-order valence-electron chi connectivity index (χ3n) is 2.85. The number of nitrogens with zero attached hydrogens (tertiary/aromatic N) is 2. The summed E-state index contributed by atoms with van der Waals surface area (Å²) in [5, 5.41) is 3.94. The zero-order chi connectivity index (χ0) is 14.5. The van der Waals surface area contributed by atoms with Crippen LogP contribution < -0.4 is 5.73 Å². The first-order valence-electron chi connectivity index (χ1n) is 6.55. The fourth-order valence-electron chi connectivity index (χ4n) is 1.75. The maximum Gasteiger partial charge on any atom is 0.258 e. The first-order chi connectivity index (χ1) is 9.61. The van der Waals surface area contributed by atoms with Crippen LogP contribution >= 0.6 is 15.9 Å². The molecule has 0 aliphatic carbocycles. The van der Waals surface area contributed by atoms with Gasteiger partial charge in [-0.3, -0.25) is 0 Å². The first kappa shape index (κ1) is 15.2. The van der Waals surface area contributed by atoms with E-state index in [2.05, 4.69) is 26.1 Å². The highest BCUT2D eigenvalue weighted by molar-refractivity contribution is 9.10. The second kappa shape index (κ2) is 6.97. The predicted octanol–water partition coefficient (Wildman–Crippen LogP) is 3.23. The zero-order valence-electron chi connectivity index (χ0n) is 11.6. The molecule has 1 atom stereocenters. The standard InChI is InChI=1S/C14H18BrN3O2/c1-3-6-19-8-12(16)13-17-14(20-18-13)11-7-10(15)5-4-9(11)2/h4-5,7,12H,3,6,8,16H2,1-2H3. The van der Waals surface area contributed by atoms with Gasteiger partial charge in [-0.05, 0) is 31.0 Å². The van der Waals surface area contributed by atoms with E-state index in [4.69, 9.17) is 15.0 Å². The summed E-state index contributed by atoms with van der Waals surface area (Å²) in [4.78, 5) is 4.36. The number of hydrogen-bond acceptors (Lipinski definition) is 5. The molecule has 0 aliphatic rings. The molecule has 1 aromatic carbocycles. The highest BCUT2D eigenvalue weighted by atomic mass is 79.9. The number of ether oxygens (including phenoxy) is 1. The van der Waals surface area contributed by atoms with E-state index in [0.717, 1.165) is 22.0 Å². The normalized spacial score (nSPS) is 12.6. The number of hydrogen-bond donors (Lipinski definition) is 1. The number of rotatable bonds is 6. The minimum atomic E-state index is -0.369. The molecule has 0 fully saturated rings. The maximum absolute atomic E-state index is 5.98. The molecule has 0 aliphatic heterocycles. The van der Waals surface area contributed by atoms with Crippen molar-refractivity contribution < 1.29 is 9.26 Å². The Morgan fingerprint density at radius 3 is 3.00 bits per heavy atom. The molecule has 5 nitrogen and oxygen atoms in total. The molecule has 1 heterocycles. The minimum absolute atomic E-state index is 0.369. The molecular formula is C14H18BrN3O2. The van der Waals surface area contributed by atoms with E-state index in [9.17, 15) is 0 Å². The number of aryl methyl sites for hydroxylation is 1. The molecule has 0 saturated carbocycles. The lowest BCUT2D eigenvalue weighted by Gasteiger charge is -2.06. The van der Waals surface area contributed by atoms with Crippen molar-refractivity contribution in [3.63, 3.8) is 0 Å². The van der Waals surface area contributed by atoms with Crippen LogP contribution in [0.3, 0.4) is 0 Å². The number of nitrogens with two attached hydrogens (primary N) is 1. The molecule has 2 N–H and O–H groups in total. The number of aromatic nitrogens is 2. The molecule has 0 radical (unpaired) electrons. The summed E-state index contributed by atoms with van der Waals surface area (Å²) in [6.45, 7) is 5.12. The monoisotopic (exact) mass is 339 g/mol. The van der Waals surface area contributed by atoms with E-state index in [1.165, 1.54) is 0 Å². The van der Waals surface area contributed by atoms with Crippen LogP contribution in [0.25, 0.3) is 11.5 Å². The molecule has 0 spiro atoms. The van der Waals surface area contributed by atoms with Gasteiger partial charge in [0.25, 0.3) is 5.89 Å². The van der Waals surface area contributed by atoms with Crippen molar-refractivity contribution in [3.05, 3.63) is 34.1 Å². The summed E-state index contributed by atoms with van der Waals surface area (Å²) in [7, 11) is 0. The molecule has 2 rings (SSSR count). The van der Waals surface area contributed by atoms with Crippen molar-refractivity contribution in [1.29, 1.82) is 0 Å². The van der Waals surface area contributed by atoms with Gasteiger partial charge in [0.2, 0.25) is 0 Å². The van der Waals surface area contributed by atoms with Crippen LogP contribution in [0.4, 0.5) is 0 Å². The number of benzene rings is 1. The quantitative estimate of drug-likeness (QED) is 0.817. The van der Waals surface area contributed by atoms with E-state index in [1.54, 1.807) is 0 Å². The summed E-state index contributed by atoms with van der Waals surface area (Å²) < 4.78 is 11.7. The van der Waals surface area contributed by atoms with Gasteiger partial charge in [0.15, 0.2) is 5.82 Å². The summed E-state index contributed by atoms with van der Waals surface area (Å²) >= 11 is 3.44. The van der Waals surface area contributed by atoms with E-state index < -0.39 is 0 Å². The van der Waals surface area contributed by atoms with Gasteiger partial charge in [-0.15, -0.1) is 0 Å². The highest BCUT2D eigenvalue weighted by Crippen LogP contribution is 2.26.